The van der Waals surface area contributed by atoms with Crippen LogP contribution in [0.2, 0.25) is 0 Å². The largest absolute Gasteiger partial charge is 0.488 e. The van der Waals surface area contributed by atoms with E-state index in [9.17, 15) is 0 Å². The van der Waals surface area contributed by atoms with Gasteiger partial charge in [-0.2, -0.15) is 0 Å². The molecule has 1 heterocycles. The Morgan fingerprint density at radius 2 is 2.13 bits per heavy atom. The lowest BCUT2D eigenvalue weighted by Crippen LogP contribution is -2.29. The van der Waals surface area contributed by atoms with Gasteiger partial charge in [0.2, 0.25) is 0 Å². The minimum atomic E-state index is -1.42. The van der Waals surface area contributed by atoms with Crippen molar-refractivity contribution in [2.45, 2.75) is 5.92 Å². The Balaban J connectivity index is 2.10. The molecule has 0 saturated carbocycles. The van der Waals surface area contributed by atoms with Gasteiger partial charge >= 0.3 is 7.12 Å². The molecular weight excluding hydrogens is 191 g/mol. The molecule has 0 saturated heterocycles. The van der Waals surface area contributed by atoms with E-state index >= 15 is 0 Å². The van der Waals surface area contributed by atoms with Gasteiger partial charge in [-0.05, 0) is 17.6 Å². The van der Waals surface area contributed by atoms with Crippen molar-refractivity contribution in [1.29, 1.82) is 0 Å². The maximum atomic E-state index is 9.08. The van der Waals surface area contributed by atoms with Gasteiger partial charge in [-0.25, -0.2) is 0 Å². The van der Waals surface area contributed by atoms with E-state index in [2.05, 4.69) is 0 Å². The summed E-state index contributed by atoms with van der Waals surface area (Å²) in [7, 11) is -1.42. The highest BCUT2D eigenvalue weighted by Gasteiger charge is 2.30. The van der Waals surface area contributed by atoms with E-state index in [0.717, 1.165) is 17.1 Å². The molecule has 0 amide bonds. The van der Waals surface area contributed by atoms with Crippen molar-refractivity contribution in [3.63, 3.8) is 0 Å². The third-order valence-corrected chi connectivity index (χ3v) is 2.77. The standard InChI is InChI=1S/C11H9BO3/c13-12(14)7-4-5-11-9(6-7)8-2-1-3-10(8)15-11/h1-6,8,13-14H. The molecule has 3 nitrogen and oxygen atoms in total. The number of ether oxygens (including phenoxy) is 1. The van der Waals surface area contributed by atoms with Gasteiger partial charge in [-0.15, -0.1) is 0 Å². The molecule has 0 spiro atoms. The van der Waals surface area contributed by atoms with E-state index in [-0.39, 0.29) is 5.92 Å². The Bertz CT molecular complexity index is 477. The SMILES string of the molecule is OB(O)c1ccc2c(c1)C1C=CC=C1O2. The Labute approximate surface area is 87.5 Å². The molecule has 1 aliphatic carbocycles. The molecular formula is C11H9BO3. The number of benzene rings is 1. The van der Waals surface area contributed by atoms with Crippen LogP contribution in [0.25, 0.3) is 0 Å². The second kappa shape index (κ2) is 2.99. The lowest BCUT2D eigenvalue weighted by atomic mass is 9.78. The van der Waals surface area contributed by atoms with Crippen molar-refractivity contribution in [3.05, 3.63) is 47.7 Å². The maximum Gasteiger partial charge on any atom is 0.488 e. The summed E-state index contributed by atoms with van der Waals surface area (Å²) in [5, 5.41) is 18.2. The van der Waals surface area contributed by atoms with Crippen molar-refractivity contribution < 1.29 is 14.8 Å². The van der Waals surface area contributed by atoms with Gasteiger partial charge in [-0.1, -0.05) is 24.3 Å². The van der Waals surface area contributed by atoms with Crippen LogP contribution in [0.5, 0.6) is 5.75 Å². The van der Waals surface area contributed by atoms with Gasteiger partial charge < -0.3 is 14.8 Å². The van der Waals surface area contributed by atoms with Crippen LogP contribution < -0.4 is 10.2 Å². The van der Waals surface area contributed by atoms with Crippen molar-refractivity contribution in [2.24, 2.45) is 0 Å². The van der Waals surface area contributed by atoms with Gasteiger partial charge in [0, 0.05) is 5.56 Å². The van der Waals surface area contributed by atoms with Crippen LogP contribution in [0.3, 0.4) is 0 Å². The van der Waals surface area contributed by atoms with Crippen LogP contribution in [-0.4, -0.2) is 17.2 Å². The monoisotopic (exact) mass is 200 g/mol. The first kappa shape index (κ1) is 8.77. The highest BCUT2D eigenvalue weighted by Crippen LogP contribution is 2.43. The third-order valence-electron chi connectivity index (χ3n) is 2.77. The Morgan fingerprint density at radius 3 is 2.93 bits per heavy atom. The van der Waals surface area contributed by atoms with Crippen LogP contribution in [0.15, 0.2) is 42.2 Å². The van der Waals surface area contributed by atoms with E-state index in [4.69, 9.17) is 14.8 Å². The Morgan fingerprint density at radius 1 is 1.27 bits per heavy atom. The molecule has 1 unspecified atom stereocenters. The second-order valence-electron chi connectivity index (χ2n) is 3.70. The van der Waals surface area contributed by atoms with Gasteiger partial charge in [0.15, 0.2) is 0 Å². The Hall–Kier alpha value is -1.52. The third kappa shape index (κ3) is 1.22. The van der Waals surface area contributed by atoms with Gasteiger partial charge in [0.1, 0.15) is 11.5 Å². The molecule has 3 rings (SSSR count). The van der Waals surface area contributed by atoms with Crippen molar-refractivity contribution >= 4 is 12.6 Å². The van der Waals surface area contributed by atoms with E-state index in [1.165, 1.54) is 0 Å². The molecule has 2 aliphatic rings. The van der Waals surface area contributed by atoms with Crippen LogP contribution in [0.1, 0.15) is 11.5 Å². The molecule has 1 aromatic carbocycles. The summed E-state index contributed by atoms with van der Waals surface area (Å²) >= 11 is 0. The van der Waals surface area contributed by atoms with Gasteiger partial charge in [0.05, 0.1) is 5.92 Å². The minimum absolute atomic E-state index is 0.152. The van der Waals surface area contributed by atoms with E-state index < -0.39 is 7.12 Å². The number of fused-ring (bicyclic) bond motifs is 3. The average molecular weight is 200 g/mol. The predicted octanol–water partition coefficient (Wildman–Crippen LogP) is 0.296. The molecule has 0 fully saturated rings. The average Bonchev–Trinajstić information content (AvgIpc) is 2.75. The van der Waals surface area contributed by atoms with Crippen LogP contribution >= 0.6 is 0 Å². The van der Waals surface area contributed by atoms with Crippen molar-refractivity contribution in [3.8, 4) is 5.75 Å². The minimum Gasteiger partial charge on any atom is -0.460 e. The normalized spacial score (nSPS) is 20.7. The Kier molecular flexibility index (Phi) is 1.74. The fourth-order valence-corrected chi connectivity index (χ4v) is 2.00. The molecule has 74 valence electrons. The molecule has 4 heteroatoms. The highest BCUT2D eigenvalue weighted by atomic mass is 16.5. The fraction of sp³-hybridized carbons (Fsp3) is 0.0909. The zero-order valence-electron chi connectivity index (χ0n) is 7.92. The first-order valence-corrected chi connectivity index (χ1v) is 4.82. The fourth-order valence-electron chi connectivity index (χ4n) is 2.00. The van der Waals surface area contributed by atoms with Crippen LogP contribution in [0.4, 0.5) is 0 Å². The lowest BCUT2D eigenvalue weighted by molar-refractivity contribution is 0.425. The molecule has 0 radical (unpaired) electrons. The number of rotatable bonds is 1. The molecule has 15 heavy (non-hydrogen) atoms. The van der Waals surface area contributed by atoms with E-state index in [1.807, 2.05) is 18.2 Å². The summed E-state index contributed by atoms with van der Waals surface area (Å²) < 4.78 is 5.60. The molecule has 1 aromatic rings. The summed E-state index contributed by atoms with van der Waals surface area (Å²) in [6.45, 7) is 0. The van der Waals surface area contributed by atoms with E-state index in [1.54, 1.807) is 18.2 Å². The second-order valence-corrected chi connectivity index (χ2v) is 3.70. The summed E-state index contributed by atoms with van der Waals surface area (Å²) in [6, 6.07) is 5.22. The molecule has 1 aliphatic heterocycles. The first-order valence-electron chi connectivity index (χ1n) is 4.82. The number of allylic oxidation sites excluding steroid dienone is 3. The predicted molar refractivity (Wildman–Crippen MR) is 56.9 cm³/mol. The number of hydrogen-bond donors (Lipinski definition) is 2. The quantitative estimate of drug-likeness (QED) is 0.640. The first-order chi connectivity index (χ1) is 7.25. The zero-order valence-corrected chi connectivity index (χ0v) is 7.92. The van der Waals surface area contributed by atoms with Gasteiger partial charge in [-0.3, -0.25) is 0 Å². The summed E-state index contributed by atoms with van der Waals surface area (Å²) in [5.41, 5.74) is 1.50. The molecule has 0 bridgehead atoms. The van der Waals surface area contributed by atoms with Crippen LogP contribution in [0, 0.1) is 0 Å². The number of hydrogen-bond acceptors (Lipinski definition) is 3. The van der Waals surface area contributed by atoms with Crippen molar-refractivity contribution in [1.82, 2.24) is 0 Å². The topological polar surface area (TPSA) is 49.7 Å². The lowest BCUT2D eigenvalue weighted by Gasteiger charge is -2.03. The summed E-state index contributed by atoms with van der Waals surface area (Å²) in [6.07, 6.45) is 5.92. The van der Waals surface area contributed by atoms with Crippen LogP contribution in [-0.2, 0) is 0 Å². The van der Waals surface area contributed by atoms with Gasteiger partial charge in [0.25, 0.3) is 0 Å². The maximum absolute atomic E-state index is 9.08. The molecule has 1 atom stereocenters. The smallest absolute Gasteiger partial charge is 0.460 e. The van der Waals surface area contributed by atoms with Crippen molar-refractivity contribution in [2.75, 3.05) is 0 Å². The molecule has 0 aromatic heterocycles. The molecule has 2 N–H and O–H groups in total. The summed E-state index contributed by atoms with van der Waals surface area (Å²) in [5.74, 6) is 1.87. The summed E-state index contributed by atoms with van der Waals surface area (Å²) in [4.78, 5) is 0. The zero-order chi connectivity index (χ0) is 10.4. The van der Waals surface area contributed by atoms with E-state index in [0.29, 0.717) is 5.46 Å². The highest BCUT2D eigenvalue weighted by molar-refractivity contribution is 6.58.